The van der Waals surface area contributed by atoms with Gasteiger partial charge in [0.1, 0.15) is 11.5 Å². The molecule has 1 aliphatic carbocycles. The van der Waals surface area contributed by atoms with Crippen LogP contribution >= 0.6 is 0 Å². The number of hydrogen-bond donors (Lipinski definition) is 2. The van der Waals surface area contributed by atoms with Crippen molar-refractivity contribution in [3.63, 3.8) is 0 Å². The molecule has 6 heteroatoms. The van der Waals surface area contributed by atoms with E-state index in [0.717, 1.165) is 40.5 Å². The van der Waals surface area contributed by atoms with E-state index in [1.165, 1.54) is 18.9 Å². The second-order valence-corrected chi connectivity index (χ2v) is 8.66. The van der Waals surface area contributed by atoms with Crippen molar-refractivity contribution in [2.45, 2.75) is 59.5 Å². The van der Waals surface area contributed by atoms with Crippen LogP contribution in [0.5, 0.6) is 0 Å². The van der Waals surface area contributed by atoms with Gasteiger partial charge < -0.3 is 10.8 Å². The lowest BCUT2D eigenvalue weighted by Crippen LogP contribution is -2.13. The van der Waals surface area contributed by atoms with E-state index in [0.29, 0.717) is 16.6 Å². The van der Waals surface area contributed by atoms with Crippen molar-refractivity contribution in [2.24, 2.45) is 5.73 Å². The number of aryl methyl sites for hydroxylation is 2. The number of amides is 1. The van der Waals surface area contributed by atoms with Crippen LogP contribution in [-0.4, -0.2) is 27.1 Å². The van der Waals surface area contributed by atoms with Gasteiger partial charge in [0, 0.05) is 23.3 Å². The summed E-state index contributed by atoms with van der Waals surface area (Å²) in [7, 11) is 0. The first-order valence-electron chi connectivity index (χ1n) is 12.4. The van der Waals surface area contributed by atoms with Gasteiger partial charge >= 0.3 is 0 Å². The zero-order chi connectivity index (χ0) is 26.2. The second kappa shape index (κ2) is 12.4. The van der Waals surface area contributed by atoms with E-state index >= 15 is 0 Å². The number of pyridine rings is 2. The summed E-state index contributed by atoms with van der Waals surface area (Å²) in [5.41, 5.74) is 11.2. The van der Waals surface area contributed by atoms with Crippen molar-refractivity contribution >= 4 is 16.8 Å². The summed E-state index contributed by atoms with van der Waals surface area (Å²) in [5, 5.41) is 9.53. The highest BCUT2D eigenvalue weighted by Crippen LogP contribution is 2.38. The molecule has 5 nitrogen and oxygen atoms in total. The lowest BCUT2D eigenvalue weighted by molar-refractivity contribution is 0.0996. The fourth-order valence-electron chi connectivity index (χ4n) is 4.65. The topological polar surface area (TPSA) is 89.1 Å². The highest BCUT2D eigenvalue weighted by molar-refractivity contribution is 6.04. The maximum absolute atomic E-state index is 14.6. The number of carbonyl (C=O) groups excluding carboxylic acids is 1. The van der Waals surface area contributed by atoms with E-state index in [4.69, 9.17) is 10.8 Å². The van der Waals surface area contributed by atoms with Gasteiger partial charge in [0.2, 0.25) is 0 Å². The van der Waals surface area contributed by atoms with Crippen LogP contribution in [0.4, 0.5) is 4.39 Å². The van der Waals surface area contributed by atoms with Gasteiger partial charge in [0.15, 0.2) is 0 Å². The summed E-state index contributed by atoms with van der Waals surface area (Å²) in [6.45, 7) is 7.98. The van der Waals surface area contributed by atoms with Gasteiger partial charge in [-0.2, -0.15) is 0 Å². The van der Waals surface area contributed by atoms with Gasteiger partial charge in [0.25, 0.3) is 5.91 Å². The molecule has 1 amide bonds. The Hall–Kier alpha value is -3.64. The Morgan fingerprint density at radius 2 is 1.64 bits per heavy atom. The number of nitrogens with two attached hydrogens (primary N) is 1. The van der Waals surface area contributed by atoms with Crippen LogP contribution in [0.1, 0.15) is 61.1 Å². The maximum Gasteiger partial charge on any atom is 0.267 e. The molecule has 36 heavy (non-hydrogen) atoms. The molecule has 0 saturated heterocycles. The molecule has 0 spiro atoms. The molecular formula is C30H34FN3O2. The van der Waals surface area contributed by atoms with Crippen LogP contribution in [0.3, 0.4) is 0 Å². The predicted molar refractivity (Wildman–Crippen MR) is 144 cm³/mol. The van der Waals surface area contributed by atoms with E-state index in [2.05, 4.69) is 9.97 Å². The van der Waals surface area contributed by atoms with E-state index in [-0.39, 0.29) is 17.6 Å². The van der Waals surface area contributed by atoms with Crippen molar-refractivity contribution in [3.05, 3.63) is 83.6 Å². The Balaban J connectivity index is 0.000000390. The van der Waals surface area contributed by atoms with Gasteiger partial charge in [0.05, 0.1) is 11.6 Å². The molecule has 0 unspecified atom stereocenters. The fraction of sp³-hybridized carbons (Fsp3) is 0.300. The summed E-state index contributed by atoms with van der Waals surface area (Å²) < 4.78 is 14.6. The molecule has 2 aromatic carbocycles. The summed E-state index contributed by atoms with van der Waals surface area (Å²) in [4.78, 5) is 20.4. The lowest BCUT2D eigenvalue weighted by Gasteiger charge is -2.17. The average molecular weight is 488 g/mol. The molecule has 1 fully saturated rings. The summed E-state index contributed by atoms with van der Waals surface area (Å²) in [6, 6.07) is 13.9. The molecule has 5 rings (SSSR count). The molecule has 2 aromatic heterocycles. The van der Waals surface area contributed by atoms with Crippen molar-refractivity contribution in [2.75, 3.05) is 0 Å². The summed E-state index contributed by atoms with van der Waals surface area (Å²) >= 11 is 0. The summed E-state index contributed by atoms with van der Waals surface area (Å²) in [5.74, 6) is -1.01. The molecule has 0 bridgehead atoms. The Bertz CT molecular complexity index is 1330. The molecular weight excluding hydrogens is 453 g/mol. The molecule has 0 radical (unpaired) electrons. The van der Waals surface area contributed by atoms with Gasteiger partial charge in [-0.3, -0.25) is 9.78 Å². The number of nitrogens with zero attached hydrogens (tertiary/aromatic N) is 2. The van der Waals surface area contributed by atoms with Crippen molar-refractivity contribution in [3.8, 4) is 22.3 Å². The van der Waals surface area contributed by atoms with E-state index < -0.39 is 5.91 Å². The van der Waals surface area contributed by atoms with E-state index in [1.807, 2.05) is 45.9 Å². The van der Waals surface area contributed by atoms with Crippen molar-refractivity contribution in [1.82, 2.24) is 9.97 Å². The molecule has 3 N–H and O–H groups in total. The summed E-state index contributed by atoms with van der Waals surface area (Å²) in [6.07, 6.45) is 8.09. The highest BCUT2D eigenvalue weighted by Gasteiger charge is 2.19. The molecule has 0 aliphatic heterocycles. The Labute approximate surface area is 212 Å². The quantitative estimate of drug-likeness (QED) is 0.334. The minimum atomic E-state index is -0.645. The standard InChI is InChI=1S/C23H18FN3O.C5H10O.C2H6/c1-13-11-19-22(14(2)21(13)15-7-9-26-10-8-15)17(12-20(27-19)23(25)28)16-5-3-4-6-18(16)24;6-5-3-1-2-4-5;1-2/h3-12H,1-2H3,(H2,25,28);5-6H,1-4H2;1-2H3. The number of hydrogen-bond acceptors (Lipinski definition) is 4. The Kier molecular flexibility index (Phi) is 9.25. The van der Waals surface area contributed by atoms with Crippen LogP contribution in [0.15, 0.2) is 60.9 Å². The molecule has 0 atom stereocenters. The van der Waals surface area contributed by atoms with Gasteiger partial charge in [-0.05, 0) is 84.8 Å². The number of aliphatic hydroxyl groups excluding tert-OH is 1. The first kappa shape index (κ1) is 27.0. The number of halogens is 1. The van der Waals surface area contributed by atoms with Crippen LogP contribution in [-0.2, 0) is 0 Å². The third-order valence-corrected chi connectivity index (χ3v) is 6.26. The normalized spacial score (nSPS) is 12.9. The van der Waals surface area contributed by atoms with Gasteiger partial charge in [-0.1, -0.05) is 44.9 Å². The van der Waals surface area contributed by atoms with E-state index in [9.17, 15) is 9.18 Å². The zero-order valence-corrected chi connectivity index (χ0v) is 21.4. The van der Waals surface area contributed by atoms with Gasteiger partial charge in [-0.15, -0.1) is 0 Å². The van der Waals surface area contributed by atoms with E-state index in [1.54, 1.807) is 36.7 Å². The molecule has 1 aliphatic rings. The van der Waals surface area contributed by atoms with Crippen LogP contribution in [0.2, 0.25) is 0 Å². The molecule has 1 saturated carbocycles. The highest BCUT2D eigenvalue weighted by atomic mass is 19.1. The molecule has 188 valence electrons. The third kappa shape index (κ3) is 5.94. The number of aromatic nitrogens is 2. The Morgan fingerprint density at radius 1 is 1.00 bits per heavy atom. The smallest absolute Gasteiger partial charge is 0.267 e. The average Bonchev–Trinajstić information content (AvgIpc) is 3.36. The lowest BCUT2D eigenvalue weighted by atomic mass is 9.89. The number of fused-ring (bicyclic) bond motifs is 1. The minimum Gasteiger partial charge on any atom is -0.393 e. The first-order chi connectivity index (χ1) is 17.4. The zero-order valence-electron chi connectivity index (χ0n) is 21.4. The predicted octanol–water partition coefficient (Wildman–Crippen LogP) is 6.77. The molecule has 2 heterocycles. The third-order valence-electron chi connectivity index (χ3n) is 6.26. The molecule has 4 aromatic rings. The van der Waals surface area contributed by atoms with Crippen LogP contribution in [0.25, 0.3) is 33.2 Å². The number of rotatable bonds is 3. The number of aliphatic hydroxyl groups is 1. The number of primary amides is 1. The Morgan fingerprint density at radius 3 is 2.19 bits per heavy atom. The largest absolute Gasteiger partial charge is 0.393 e. The maximum atomic E-state index is 14.6. The SMILES string of the molecule is CC.Cc1cc2nc(C(N)=O)cc(-c3ccccc3F)c2c(C)c1-c1ccncc1.OC1CCCC1. The van der Waals surface area contributed by atoms with Crippen molar-refractivity contribution < 1.29 is 14.3 Å². The minimum absolute atomic E-state index is 0.0463. The van der Waals surface area contributed by atoms with Gasteiger partial charge in [-0.25, -0.2) is 9.37 Å². The fourth-order valence-corrected chi connectivity index (χ4v) is 4.65. The second-order valence-electron chi connectivity index (χ2n) is 8.66. The first-order valence-corrected chi connectivity index (χ1v) is 12.4. The van der Waals surface area contributed by atoms with Crippen molar-refractivity contribution in [1.29, 1.82) is 0 Å². The monoisotopic (exact) mass is 487 g/mol. The van der Waals surface area contributed by atoms with Crippen LogP contribution < -0.4 is 5.73 Å². The van der Waals surface area contributed by atoms with Crippen LogP contribution in [0, 0.1) is 19.7 Å². The number of benzene rings is 2. The number of carbonyl (C=O) groups is 1.